The lowest BCUT2D eigenvalue weighted by Gasteiger charge is -2.07. The van der Waals surface area contributed by atoms with E-state index in [1.165, 1.54) is 42.5 Å². The first kappa shape index (κ1) is 19.2. The Morgan fingerprint density at radius 1 is 1.08 bits per heavy atom. The van der Waals surface area contributed by atoms with Gasteiger partial charge in [-0.25, -0.2) is 13.2 Å². The third-order valence-corrected chi connectivity index (χ3v) is 4.16. The Balaban J connectivity index is 2.00. The van der Waals surface area contributed by atoms with Gasteiger partial charge in [-0.3, -0.25) is 9.52 Å². The Kier molecular flexibility index (Phi) is 6.05. The number of anilines is 1. The highest BCUT2D eigenvalue weighted by Gasteiger charge is 2.15. The van der Waals surface area contributed by atoms with Crippen molar-refractivity contribution in [1.82, 2.24) is 0 Å². The van der Waals surface area contributed by atoms with Gasteiger partial charge in [0.15, 0.2) is 12.4 Å². The zero-order valence-corrected chi connectivity index (χ0v) is 15.3. The Morgan fingerprint density at radius 2 is 1.72 bits per heavy atom. The fraction of sp³-hybridized carbons (Fsp3) is 0.125. The van der Waals surface area contributed by atoms with Crippen LogP contribution in [0, 0.1) is 0 Å². The van der Waals surface area contributed by atoms with E-state index >= 15 is 0 Å². The Bertz CT molecular complexity index is 911. The van der Waals surface area contributed by atoms with Gasteiger partial charge in [0, 0.05) is 16.3 Å². The summed E-state index contributed by atoms with van der Waals surface area (Å²) in [6.45, 7) is -0.486. The zero-order chi connectivity index (χ0) is 18.6. The highest BCUT2D eigenvalue weighted by atomic mass is 35.5. The van der Waals surface area contributed by atoms with Crippen LogP contribution >= 0.6 is 23.2 Å². The van der Waals surface area contributed by atoms with Crippen LogP contribution in [0.1, 0.15) is 20.7 Å². The maximum Gasteiger partial charge on any atom is 0.340 e. The molecule has 0 fully saturated rings. The van der Waals surface area contributed by atoms with Crippen LogP contribution < -0.4 is 4.72 Å². The van der Waals surface area contributed by atoms with Crippen LogP contribution in [0.3, 0.4) is 0 Å². The van der Waals surface area contributed by atoms with E-state index in [9.17, 15) is 18.0 Å². The zero-order valence-electron chi connectivity index (χ0n) is 13.0. The van der Waals surface area contributed by atoms with Gasteiger partial charge in [0.05, 0.1) is 16.8 Å². The minimum absolute atomic E-state index is 0.0645. The summed E-state index contributed by atoms with van der Waals surface area (Å²) in [6, 6.07) is 10.1. The first-order valence-corrected chi connectivity index (χ1v) is 9.54. The molecule has 0 unspecified atom stereocenters. The molecule has 6 nitrogen and oxygen atoms in total. The van der Waals surface area contributed by atoms with E-state index in [2.05, 4.69) is 4.72 Å². The normalized spacial score (nSPS) is 11.0. The number of esters is 1. The number of benzene rings is 2. The first-order valence-electron chi connectivity index (χ1n) is 6.89. The molecule has 2 aromatic carbocycles. The van der Waals surface area contributed by atoms with Gasteiger partial charge in [-0.15, -0.1) is 0 Å². The van der Waals surface area contributed by atoms with Crippen LogP contribution in [0.4, 0.5) is 5.69 Å². The summed E-state index contributed by atoms with van der Waals surface area (Å²) in [4.78, 5) is 24.0. The predicted molar refractivity (Wildman–Crippen MR) is 96.0 cm³/mol. The monoisotopic (exact) mass is 401 g/mol. The maximum atomic E-state index is 12.1. The highest BCUT2D eigenvalue weighted by Crippen LogP contribution is 2.21. The average Bonchev–Trinajstić information content (AvgIpc) is 2.53. The summed E-state index contributed by atoms with van der Waals surface area (Å²) >= 11 is 11.7. The SMILES string of the molecule is CS(=O)(=O)Nc1ccc(C(=O)COC(=O)c2cc(Cl)ccc2Cl)cc1. The molecule has 0 atom stereocenters. The van der Waals surface area contributed by atoms with Crippen molar-refractivity contribution in [3.05, 3.63) is 63.6 Å². The molecule has 0 aliphatic heterocycles. The third kappa shape index (κ3) is 5.74. The molecule has 0 saturated heterocycles. The molecule has 0 bridgehead atoms. The van der Waals surface area contributed by atoms with Crippen molar-refractivity contribution >= 4 is 50.7 Å². The summed E-state index contributed by atoms with van der Waals surface area (Å²) in [5, 5.41) is 0.481. The topological polar surface area (TPSA) is 89.5 Å². The molecule has 1 N–H and O–H groups in total. The van der Waals surface area contributed by atoms with E-state index in [1.807, 2.05) is 0 Å². The van der Waals surface area contributed by atoms with Crippen molar-refractivity contribution in [1.29, 1.82) is 0 Å². The van der Waals surface area contributed by atoms with Crippen LogP contribution in [-0.4, -0.2) is 33.0 Å². The minimum Gasteiger partial charge on any atom is -0.454 e. The summed E-state index contributed by atoms with van der Waals surface area (Å²) < 4.78 is 29.5. The molecule has 0 aliphatic carbocycles. The molecule has 2 rings (SSSR count). The van der Waals surface area contributed by atoms with Crippen LogP contribution in [0.5, 0.6) is 0 Å². The molecule has 0 saturated carbocycles. The number of Topliss-reactive ketones (excluding diaryl/α,β-unsaturated/α-hetero) is 1. The molecule has 132 valence electrons. The molecule has 2 aromatic rings. The van der Waals surface area contributed by atoms with Gasteiger partial charge in [-0.2, -0.15) is 0 Å². The number of sulfonamides is 1. The number of ether oxygens (including phenoxy) is 1. The quantitative estimate of drug-likeness (QED) is 0.591. The number of carbonyl (C=O) groups is 2. The number of ketones is 1. The van der Waals surface area contributed by atoms with E-state index in [1.54, 1.807) is 0 Å². The van der Waals surface area contributed by atoms with Gasteiger partial charge in [-0.05, 0) is 42.5 Å². The maximum absolute atomic E-state index is 12.1. The Hall–Kier alpha value is -2.09. The summed E-state index contributed by atoms with van der Waals surface area (Å²) in [5.74, 6) is -1.21. The molecular weight excluding hydrogens is 389 g/mol. The second kappa shape index (κ2) is 7.86. The molecule has 0 spiro atoms. The van der Waals surface area contributed by atoms with Gasteiger partial charge in [-0.1, -0.05) is 23.2 Å². The lowest BCUT2D eigenvalue weighted by molar-refractivity contribution is 0.0475. The number of nitrogens with one attached hydrogen (secondary N) is 1. The number of rotatable bonds is 6. The molecule has 25 heavy (non-hydrogen) atoms. The Labute approximate surface area is 154 Å². The number of hydrogen-bond donors (Lipinski definition) is 1. The smallest absolute Gasteiger partial charge is 0.340 e. The van der Waals surface area contributed by atoms with Crippen molar-refractivity contribution in [3.8, 4) is 0 Å². The second-order valence-corrected chi connectivity index (χ2v) is 7.67. The summed E-state index contributed by atoms with van der Waals surface area (Å²) in [5.41, 5.74) is 0.653. The van der Waals surface area contributed by atoms with E-state index in [-0.39, 0.29) is 16.1 Å². The molecule has 0 aromatic heterocycles. The van der Waals surface area contributed by atoms with E-state index in [0.29, 0.717) is 10.7 Å². The van der Waals surface area contributed by atoms with Gasteiger partial charge in [0.1, 0.15) is 0 Å². The molecular formula is C16H13Cl2NO5S. The van der Waals surface area contributed by atoms with E-state index in [4.69, 9.17) is 27.9 Å². The van der Waals surface area contributed by atoms with E-state index in [0.717, 1.165) is 6.26 Å². The van der Waals surface area contributed by atoms with Crippen LogP contribution in [0.2, 0.25) is 10.0 Å². The van der Waals surface area contributed by atoms with Gasteiger partial charge in [0.2, 0.25) is 10.0 Å². The fourth-order valence-corrected chi connectivity index (χ4v) is 2.82. The van der Waals surface area contributed by atoms with Crippen LogP contribution in [0.15, 0.2) is 42.5 Å². The number of halogens is 2. The van der Waals surface area contributed by atoms with Crippen molar-refractivity contribution in [2.24, 2.45) is 0 Å². The van der Waals surface area contributed by atoms with Crippen LogP contribution in [0.25, 0.3) is 0 Å². The highest BCUT2D eigenvalue weighted by molar-refractivity contribution is 7.92. The minimum atomic E-state index is -3.40. The largest absolute Gasteiger partial charge is 0.454 e. The van der Waals surface area contributed by atoms with Crippen molar-refractivity contribution in [3.63, 3.8) is 0 Å². The molecule has 0 heterocycles. The van der Waals surface area contributed by atoms with E-state index < -0.39 is 28.4 Å². The van der Waals surface area contributed by atoms with Crippen molar-refractivity contribution in [2.75, 3.05) is 17.6 Å². The van der Waals surface area contributed by atoms with Crippen molar-refractivity contribution < 1.29 is 22.7 Å². The lowest BCUT2D eigenvalue weighted by atomic mass is 10.1. The third-order valence-electron chi connectivity index (χ3n) is 2.99. The Morgan fingerprint density at radius 3 is 2.32 bits per heavy atom. The first-order chi connectivity index (χ1) is 11.7. The van der Waals surface area contributed by atoms with Gasteiger partial charge < -0.3 is 4.74 Å². The molecule has 0 aliphatic rings. The standard InChI is InChI=1S/C16H13Cl2NO5S/c1-25(22,23)19-12-5-2-10(3-6-12)15(20)9-24-16(21)13-8-11(17)4-7-14(13)18/h2-8,19H,9H2,1H3. The number of carbonyl (C=O) groups excluding carboxylic acids is 2. The van der Waals surface area contributed by atoms with Crippen molar-refractivity contribution in [2.45, 2.75) is 0 Å². The second-order valence-electron chi connectivity index (χ2n) is 5.08. The lowest BCUT2D eigenvalue weighted by Crippen LogP contribution is -2.15. The molecule has 9 heteroatoms. The summed E-state index contributed by atoms with van der Waals surface area (Å²) in [7, 11) is -3.40. The fourth-order valence-electron chi connectivity index (χ4n) is 1.88. The number of hydrogen-bond acceptors (Lipinski definition) is 5. The summed E-state index contributed by atoms with van der Waals surface area (Å²) in [6.07, 6.45) is 1.02. The molecule has 0 amide bonds. The van der Waals surface area contributed by atoms with Gasteiger partial charge in [0.25, 0.3) is 0 Å². The average molecular weight is 402 g/mol. The molecule has 0 radical (unpaired) electrons. The predicted octanol–water partition coefficient (Wildman–Crippen LogP) is 3.40. The van der Waals surface area contributed by atoms with Gasteiger partial charge >= 0.3 is 5.97 Å². The van der Waals surface area contributed by atoms with Crippen LogP contribution in [-0.2, 0) is 14.8 Å².